The summed E-state index contributed by atoms with van der Waals surface area (Å²) < 4.78 is 29.5. The van der Waals surface area contributed by atoms with Gasteiger partial charge in [-0.25, -0.2) is 13.1 Å². The lowest BCUT2D eigenvalue weighted by molar-refractivity contribution is -0.136. The van der Waals surface area contributed by atoms with Crippen molar-refractivity contribution in [1.29, 1.82) is 0 Å². The van der Waals surface area contributed by atoms with Crippen LogP contribution in [0.3, 0.4) is 0 Å². The number of carboxylic acids is 1. The van der Waals surface area contributed by atoms with Gasteiger partial charge in [0.1, 0.15) is 0 Å². The molecule has 0 amide bonds. The number of rotatable bonds is 6. The molecule has 14 heavy (non-hydrogen) atoms. The van der Waals surface area contributed by atoms with Crippen LogP contribution in [0.1, 0.15) is 13.8 Å². The smallest absolute Gasteiger partial charge is 0.323 e. The maximum atomic E-state index is 11.2. The van der Waals surface area contributed by atoms with E-state index < -0.39 is 21.2 Å². The number of carboxylic acid groups (broad SMARTS) is 1. The zero-order valence-electron chi connectivity index (χ0n) is 8.35. The Hall–Kier alpha value is -0.660. The summed E-state index contributed by atoms with van der Waals surface area (Å²) >= 11 is 0. The molecule has 0 aromatic heterocycles. The highest BCUT2D eigenvalue weighted by Crippen LogP contribution is 1.98. The SMILES string of the molecule is COC(C)CNS(=O)(=O)C(C)C(=O)O. The second kappa shape index (κ2) is 5.28. The third-order valence-corrected chi connectivity index (χ3v) is 3.49. The highest BCUT2D eigenvalue weighted by Gasteiger charge is 2.27. The first kappa shape index (κ1) is 13.3. The molecule has 0 aliphatic heterocycles. The number of methoxy groups -OCH3 is 1. The summed E-state index contributed by atoms with van der Waals surface area (Å²) in [6.07, 6.45) is -0.286. The lowest BCUT2D eigenvalue weighted by atomic mass is 10.4. The first-order chi connectivity index (χ1) is 6.31. The summed E-state index contributed by atoms with van der Waals surface area (Å²) in [5.41, 5.74) is 0. The Balaban J connectivity index is 4.29. The molecule has 0 spiro atoms. The Kier molecular flexibility index (Phi) is 5.03. The molecule has 0 bridgehead atoms. The van der Waals surface area contributed by atoms with Crippen molar-refractivity contribution in [2.45, 2.75) is 25.2 Å². The van der Waals surface area contributed by atoms with Crippen molar-refractivity contribution in [1.82, 2.24) is 4.72 Å². The van der Waals surface area contributed by atoms with Crippen LogP contribution in [0.2, 0.25) is 0 Å². The highest BCUT2D eigenvalue weighted by molar-refractivity contribution is 7.90. The van der Waals surface area contributed by atoms with E-state index in [0.717, 1.165) is 6.92 Å². The van der Waals surface area contributed by atoms with Crippen LogP contribution in [0.25, 0.3) is 0 Å². The maximum Gasteiger partial charge on any atom is 0.323 e. The van der Waals surface area contributed by atoms with Gasteiger partial charge in [0.05, 0.1) is 6.10 Å². The average molecular weight is 225 g/mol. The van der Waals surface area contributed by atoms with Gasteiger partial charge in [-0.1, -0.05) is 0 Å². The number of carbonyl (C=O) groups is 1. The molecule has 7 heteroatoms. The zero-order chi connectivity index (χ0) is 11.4. The topological polar surface area (TPSA) is 92.7 Å². The summed E-state index contributed by atoms with van der Waals surface area (Å²) in [6, 6.07) is 0. The largest absolute Gasteiger partial charge is 0.480 e. The number of aliphatic carboxylic acids is 1. The van der Waals surface area contributed by atoms with Gasteiger partial charge in [-0.3, -0.25) is 4.79 Å². The van der Waals surface area contributed by atoms with Crippen molar-refractivity contribution < 1.29 is 23.1 Å². The van der Waals surface area contributed by atoms with Gasteiger partial charge < -0.3 is 9.84 Å². The zero-order valence-corrected chi connectivity index (χ0v) is 9.17. The van der Waals surface area contributed by atoms with Gasteiger partial charge in [0, 0.05) is 13.7 Å². The fraction of sp³-hybridized carbons (Fsp3) is 0.857. The van der Waals surface area contributed by atoms with Crippen LogP contribution in [0.15, 0.2) is 0 Å². The maximum absolute atomic E-state index is 11.2. The van der Waals surface area contributed by atoms with Crippen LogP contribution in [0.5, 0.6) is 0 Å². The molecule has 2 atom stereocenters. The second-order valence-corrected chi connectivity index (χ2v) is 5.01. The Bertz CT molecular complexity index is 286. The molecule has 2 N–H and O–H groups in total. The Morgan fingerprint density at radius 2 is 2.00 bits per heavy atom. The monoisotopic (exact) mass is 225 g/mol. The lowest BCUT2D eigenvalue weighted by Gasteiger charge is -2.13. The number of sulfonamides is 1. The highest BCUT2D eigenvalue weighted by atomic mass is 32.2. The lowest BCUT2D eigenvalue weighted by Crippen LogP contribution is -2.40. The summed E-state index contributed by atoms with van der Waals surface area (Å²) in [5.74, 6) is -1.37. The van der Waals surface area contributed by atoms with E-state index in [-0.39, 0.29) is 12.6 Å². The summed E-state index contributed by atoms with van der Waals surface area (Å²) in [4.78, 5) is 10.4. The van der Waals surface area contributed by atoms with E-state index >= 15 is 0 Å². The number of hydrogen-bond donors (Lipinski definition) is 2. The molecule has 0 aliphatic carbocycles. The molecule has 0 aromatic carbocycles. The van der Waals surface area contributed by atoms with E-state index in [1.165, 1.54) is 7.11 Å². The van der Waals surface area contributed by atoms with Crippen LogP contribution in [0.4, 0.5) is 0 Å². The van der Waals surface area contributed by atoms with Gasteiger partial charge in [-0.2, -0.15) is 0 Å². The quantitative estimate of drug-likeness (QED) is 0.630. The predicted octanol–water partition coefficient (Wildman–Crippen LogP) is -0.586. The fourth-order valence-corrected chi connectivity index (χ4v) is 1.56. The van der Waals surface area contributed by atoms with Crippen molar-refractivity contribution in [3.63, 3.8) is 0 Å². The fourth-order valence-electron chi connectivity index (χ4n) is 0.575. The molecule has 0 saturated heterocycles. The van der Waals surface area contributed by atoms with E-state index in [9.17, 15) is 13.2 Å². The van der Waals surface area contributed by atoms with Gasteiger partial charge in [0.15, 0.2) is 5.25 Å². The van der Waals surface area contributed by atoms with E-state index in [1.807, 2.05) is 0 Å². The predicted molar refractivity (Wildman–Crippen MR) is 50.5 cm³/mol. The van der Waals surface area contributed by atoms with Crippen LogP contribution in [-0.2, 0) is 19.6 Å². The third-order valence-electron chi connectivity index (χ3n) is 1.79. The molecular formula is C7H15NO5S. The van der Waals surface area contributed by atoms with Gasteiger partial charge >= 0.3 is 5.97 Å². The van der Waals surface area contributed by atoms with Gasteiger partial charge in [0.25, 0.3) is 0 Å². The number of hydrogen-bond acceptors (Lipinski definition) is 4. The normalized spacial score (nSPS) is 16.2. The van der Waals surface area contributed by atoms with Gasteiger partial charge in [-0.15, -0.1) is 0 Å². The molecule has 0 aromatic rings. The molecule has 0 saturated carbocycles. The minimum Gasteiger partial charge on any atom is -0.480 e. The van der Waals surface area contributed by atoms with E-state index in [0.29, 0.717) is 0 Å². The Morgan fingerprint density at radius 1 is 1.50 bits per heavy atom. The number of nitrogens with one attached hydrogen (secondary N) is 1. The van der Waals surface area contributed by atoms with Crippen molar-refractivity contribution >= 4 is 16.0 Å². The minimum atomic E-state index is -3.79. The van der Waals surface area contributed by atoms with Crippen molar-refractivity contribution in [2.24, 2.45) is 0 Å². The molecule has 6 nitrogen and oxygen atoms in total. The standard InChI is InChI=1S/C7H15NO5S/c1-5(13-3)4-8-14(11,12)6(2)7(9)10/h5-6,8H,4H2,1-3H3,(H,9,10). The molecular weight excluding hydrogens is 210 g/mol. The summed E-state index contributed by atoms with van der Waals surface area (Å²) in [5, 5.41) is 7.04. The van der Waals surface area contributed by atoms with Crippen LogP contribution in [0, 0.1) is 0 Å². The van der Waals surface area contributed by atoms with Crippen molar-refractivity contribution in [3.8, 4) is 0 Å². The molecule has 0 fully saturated rings. The molecule has 2 unspecified atom stereocenters. The van der Waals surface area contributed by atoms with E-state index in [2.05, 4.69) is 4.72 Å². The Morgan fingerprint density at radius 3 is 2.36 bits per heavy atom. The van der Waals surface area contributed by atoms with Crippen LogP contribution in [-0.4, -0.2) is 44.5 Å². The molecule has 0 heterocycles. The third kappa shape index (κ3) is 4.03. The average Bonchev–Trinajstić information content (AvgIpc) is 2.12. The Labute approximate surface area is 83.3 Å². The first-order valence-electron chi connectivity index (χ1n) is 4.05. The minimum absolute atomic E-state index is 0.0659. The molecule has 0 rings (SSSR count). The summed E-state index contributed by atoms with van der Waals surface area (Å²) in [6.45, 7) is 2.85. The summed E-state index contributed by atoms with van der Waals surface area (Å²) in [7, 11) is -2.35. The van der Waals surface area contributed by atoms with Crippen LogP contribution >= 0.6 is 0 Å². The van der Waals surface area contributed by atoms with E-state index in [1.54, 1.807) is 6.92 Å². The second-order valence-electron chi connectivity index (χ2n) is 2.92. The van der Waals surface area contributed by atoms with E-state index in [4.69, 9.17) is 9.84 Å². The van der Waals surface area contributed by atoms with Gasteiger partial charge in [0.2, 0.25) is 10.0 Å². The molecule has 84 valence electrons. The number of ether oxygens (including phenoxy) is 1. The van der Waals surface area contributed by atoms with Crippen molar-refractivity contribution in [2.75, 3.05) is 13.7 Å². The first-order valence-corrected chi connectivity index (χ1v) is 5.60. The van der Waals surface area contributed by atoms with Crippen LogP contribution < -0.4 is 4.72 Å². The van der Waals surface area contributed by atoms with Crippen molar-refractivity contribution in [3.05, 3.63) is 0 Å². The van der Waals surface area contributed by atoms with Gasteiger partial charge in [-0.05, 0) is 13.8 Å². The molecule has 0 radical (unpaired) electrons. The molecule has 0 aliphatic rings.